The Hall–Kier alpha value is -1.75. The summed E-state index contributed by atoms with van der Waals surface area (Å²) in [6, 6.07) is 6.99. The number of esters is 1. The molecule has 0 fully saturated rings. The molecule has 0 spiro atoms. The first kappa shape index (κ1) is 12.7. The van der Waals surface area contributed by atoms with Crippen molar-refractivity contribution in [1.29, 1.82) is 0 Å². The minimum atomic E-state index is -0.354. The van der Waals surface area contributed by atoms with Gasteiger partial charge in [0.15, 0.2) is 0 Å². The minimum Gasteiger partial charge on any atom is -0.462 e. The van der Waals surface area contributed by atoms with Crippen molar-refractivity contribution in [3.05, 3.63) is 46.7 Å². The molecule has 92 valence electrons. The number of hydrogen-bond acceptors (Lipinski definition) is 4. The third kappa shape index (κ3) is 2.73. The predicted molar refractivity (Wildman–Crippen MR) is 71.1 cm³/mol. The Balaban J connectivity index is 2.39. The third-order valence-corrected chi connectivity index (χ3v) is 2.91. The Morgan fingerprint density at radius 3 is 2.89 bits per heavy atom. The molecule has 0 radical (unpaired) electrons. The maximum Gasteiger partial charge on any atom is 0.338 e. The van der Waals surface area contributed by atoms with E-state index in [1.807, 2.05) is 12.1 Å². The van der Waals surface area contributed by atoms with Crippen LogP contribution in [-0.2, 0) is 4.74 Å². The molecule has 0 aliphatic rings. The molecular formula is C13H11BrN2O2. The van der Waals surface area contributed by atoms with Crippen LogP contribution >= 0.6 is 15.9 Å². The van der Waals surface area contributed by atoms with Gasteiger partial charge in [-0.3, -0.25) is 9.97 Å². The molecule has 0 bridgehead atoms. The van der Waals surface area contributed by atoms with E-state index in [2.05, 4.69) is 25.9 Å². The molecule has 0 saturated carbocycles. The number of carbonyl (C=O) groups is 1. The molecule has 5 heteroatoms. The predicted octanol–water partition coefficient (Wildman–Crippen LogP) is 3.08. The van der Waals surface area contributed by atoms with E-state index in [-0.39, 0.29) is 5.97 Å². The second-order valence-corrected chi connectivity index (χ2v) is 4.34. The van der Waals surface area contributed by atoms with E-state index in [9.17, 15) is 4.79 Å². The summed E-state index contributed by atoms with van der Waals surface area (Å²) in [5.74, 6) is -0.354. The number of carbonyl (C=O) groups excluding carboxylic acids is 1. The van der Waals surface area contributed by atoms with Gasteiger partial charge in [-0.25, -0.2) is 4.79 Å². The van der Waals surface area contributed by atoms with Gasteiger partial charge in [0.25, 0.3) is 0 Å². The number of nitrogens with zero attached hydrogens (tertiary/aromatic N) is 2. The van der Waals surface area contributed by atoms with Gasteiger partial charge in [-0.2, -0.15) is 0 Å². The van der Waals surface area contributed by atoms with Gasteiger partial charge in [0.05, 0.1) is 17.9 Å². The highest BCUT2D eigenvalue weighted by atomic mass is 79.9. The summed E-state index contributed by atoms with van der Waals surface area (Å²) in [5, 5.41) is 0. The van der Waals surface area contributed by atoms with E-state index < -0.39 is 0 Å². The van der Waals surface area contributed by atoms with Crippen molar-refractivity contribution in [3.8, 4) is 11.4 Å². The van der Waals surface area contributed by atoms with Crippen LogP contribution in [0.25, 0.3) is 11.4 Å². The Bertz CT molecular complexity index is 572. The van der Waals surface area contributed by atoms with Gasteiger partial charge in [-0.05, 0) is 47.1 Å². The van der Waals surface area contributed by atoms with Gasteiger partial charge in [-0.15, -0.1) is 0 Å². The number of ether oxygens (including phenoxy) is 1. The molecule has 18 heavy (non-hydrogen) atoms. The van der Waals surface area contributed by atoms with E-state index in [0.29, 0.717) is 23.6 Å². The average Bonchev–Trinajstić information content (AvgIpc) is 2.40. The first-order valence-corrected chi connectivity index (χ1v) is 6.25. The lowest BCUT2D eigenvalue weighted by atomic mass is 10.2. The van der Waals surface area contributed by atoms with Crippen LogP contribution in [0.3, 0.4) is 0 Å². The van der Waals surface area contributed by atoms with Crippen LogP contribution in [0.2, 0.25) is 0 Å². The van der Waals surface area contributed by atoms with Crippen LogP contribution in [0.5, 0.6) is 0 Å². The Labute approximate surface area is 113 Å². The number of halogens is 1. The van der Waals surface area contributed by atoms with Crippen molar-refractivity contribution < 1.29 is 9.53 Å². The molecule has 2 rings (SSSR count). The highest BCUT2D eigenvalue weighted by molar-refractivity contribution is 9.10. The molecule has 4 nitrogen and oxygen atoms in total. The average molecular weight is 307 g/mol. The zero-order valence-corrected chi connectivity index (χ0v) is 11.3. The fourth-order valence-corrected chi connectivity index (χ4v) is 1.93. The number of hydrogen-bond donors (Lipinski definition) is 0. The normalized spacial score (nSPS) is 10.1. The Morgan fingerprint density at radius 2 is 2.17 bits per heavy atom. The topological polar surface area (TPSA) is 52.1 Å². The van der Waals surface area contributed by atoms with Crippen LogP contribution in [0.15, 0.2) is 41.1 Å². The smallest absolute Gasteiger partial charge is 0.338 e. The summed E-state index contributed by atoms with van der Waals surface area (Å²) in [4.78, 5) is 20.1. The maximum absolute atomic E-state index is 11.6. The van der Waals surface area contributed by atoms with Crippen molar-refractivity contribution in [2.75, 3.05) is 6.61 Å². The van der Waals surface area contributed by atoms with Gasteiger partial charge in [-0.1, -0.05) is 0 Å². The first-order valence-electron chi connectivity index (χ1n) is 5.46. The molecule has 2 aromatic rings. The fraction of sp³-hybridized carbons (Fsp3) is 0.154. The van der Waals surface area contributed by atoms with Crippen molar-refractivity contribution in [1.82, 2.24) is 9.97 Å². The molecule has 0 aromatic carbocycles. The molecule has 0 aliphatic carbocycles. The Kier molecular flexibility index (Phi) is 4.04. The van der Waals surface area contributed by atoms with E-state index >= 15 is 0 Å². The summed E-state index contributed by atoms with van der Waals surface area (Å²) in [7, 11) is 0. The lowest BCUT2D eigenvalue weighted by Crippen LogP contribution is -2.05. The lowest BCUT2D eigenvalue weighted by molar-refractivity contribution is 0.0526. The maximum atomic E-state index is 11.6. The van der Waals surface area contributed by atoms with Crippen LogP contribution in [0.4, 0.5) is 0 Å². The zero-order chi connectivity index (χ0) is 13.0. The molecule has 0 atom stereocenters. The van der Waals surface area contributed by atoms with E-state index in [4.69, 9.17) is 4.74 Å². The van der Waals surface area contributed by atoms with Crippen molar-refractivity contribution in [2.24, 2.45) is 0 Å². The molecular weight excluding hydrogens is 296 g/mol. The molecule has 2 heterocycles. The van der Waals surface area contributed by atoms with Crippen molar-refractivity contribution >= 4 is 21.9 Å². The summed E-state index contributed by atoms with van der Waals surface area (Å²) >= 11 is 3.41. The number of pyridine rings is 2. The summed E-state index contributed by atoms with van der Waals surface area (Å²) in [6.45, 7) is 2.12. The quantitative estimate of drug-likeness (QED) is 0.818. The molecule has 0 aliphatic heterocycles. The molecule has 0 amide bonds. The SMILES string of the molecule is CCOC(=O)c1ccnc(-c2ncccc2Br)c1. The van der Waals surface area contributed by atoms with Crippen molar-refractivity contribution in [2.45, 2.75) is 6.92 Å². The van der Waals surface area contributed by atoms with E-state index in [1.165, 1.54) is 0 Å². The van der Waals surface area contributed by atoms with Gasteiger partial charge in [0.1, 0.15) is 5.69 Å². The molecule has 2 aromatic heterocycles. The van der Waals surface area contributed by atoms with E-state index in [1.54, 1.807) is 31.5 Å². The summed E-state index contributed by atoms with van der Waals surface area (Å²) < 4.78 is 5.78. The lowest BCUT2D eigenvalue weighted by Gasteiger charge is -2.05. The van der Waals surface area contributed by atoms with Crippen LogP contribution in [0.1, 0.15) is 17.3 Å². The number of aromatic nitrogens is 2. The van der Waals surface area contributed by atoms with Crippen LogP contribution in [0, 0.1) is 0 Å². The van der Waals surface area contributed by atoms with Crippen LogP contribution < -0.4 is 0 Å². The molecule has 0 saturated heterocycles. The van der Waals surface area contributed by atoms with Crippen LogP contribution in [-0.4, -0.2) is 22.5 Å². The second kappa shape index (κ2) is 5.73. The third-order valence-electron chi connectivity index (χ3n) is 2.27. The second-order valence-electron chi connectivity index (χ2n) is 3.48. The highest BCUT2D eigenvalue weighted by Crippen LogP contribution is 2.24. The minimum absolute atomic E-state index is 0.351. The summed E-state index contributed by atoms with van der Waals surface area (Å²) in [5.41, 5.74) is 1.80. The molecule has 0 unspecified atom stereocenters. The standard InChI is InChI=1S/C13H11BrN2O2/c1-2-18-13(17)9-5-7-15-11(8-9)12-10(14)4-3-6-16-12/h3-8H,2H2,1H3. The van der Waals surface area contributed by atoms with Crippen molar-refractivity contribution in [3.63, 3.8) is 0 Å². The fourth-order valence-electron chi connectivity index (χ4n) is 1.48. The van der Waals surface area contributed by atoms with Gasteiger partial charge in [0.2, 0.25) is 0 Å². The monoisotopic (exact) mass is 306 g/mol. The summed E-state index contributed by atoms with van der Waals surface area (Å²) in [6.07, 6.45) is 3.25. The molecule has 0 N–H and O–H groups in total. The largest absolute Gasteiger partial charge is 0.462 e. The van der Waals surface area contributed by atoms with Gasteiger partial charge in [0, 0.05) is 16.9 Å². The Morgan fingerprint density at radius 1 is 1.33 bits per heavy atom. The number of rotatable bonds is 3. The van der Waals surface area contributed by atoms with E-state index in [0.717, 1.165) is 4.47 Å². The van der Waals surface area contributed by atoms with Gasteiger partial charge >= 0.3 is 5.97 Å². The zero-order valence-electron chi connectivity index (χ0n) is 9.76. The first-order chi connectivity index (χ1) is 8.72. The van der Waals surface area contributed by atoms with Gasteiger partial charge < -0.3 is 4.74 Å². The highest BCUT2D eigenvalue weighted by Gasteiger charge is 2.10.